The van der Waals surface area contributed by atoms with Crippen molar-refractivity contribution in [2.24, 2.45) is 5.73 Å². The van der Waals surface area contributed by atoms with Gasteiger partial charge in [-0.1, -0.05) is 23.7 Å². The topological polar surface area (TPSA) is 43.8 Å². The first-order valence-electron chi connectivity index (χ1n) is 4.31. The van der Waals surface area contributed by atoms with E-state index in [1.165, 1.54) is 0 Å². The zero-order valence-corrected chi connectivity index (χ0v) is 8.28. The van der Waals surface area contributed by atoms with Crippen LogP contribution in [-0.4, -0.2) is 9.78 Å². The summed E-state index contributed by atoms with van der Waals surface area (Å²) in [5.74, 6) is 0. The van der Waals surface area contributed by atoms with E-state index in [0.717, 1.165) is 11.4 Å². The fourth-order valence-electron chi connectivity index (χ4n) is 1.33. The van der Waals surface area contributed by atoms with Gasteiger partial charge in [-0.15, -0.1) is 0 Å². The Balaban J connectivity index is 2.54. The monoisotopic (exact) mass is 207 g/mol. The number of para-hydroxylation sites is 1. The van der Waals surface area contributed by atoms with Crippen molar-refractivity contribution in [2.45, 2.75) is 6.54 Å². The Labute approximate surface area is 87.1 Å². The molecule has 14 heavy (non-hydrogen) atoms. The molecular formula is C10H10ClN3. The molecule has 0 aliphatic heterocycles. The fourth-order valence-corrected chi connectivity index (χ4v) is 1.54. The average molecular weight is 208 g/mol. The summed E-state index contributed by atoms with van der Waals surface area (Å²) in [5.41, 5.74) is 7.38. The second-order valence-corrected chi connectivity index (χ2v) is 3.30. The first-order chi connectivity index (χ1) is 6.83. The number of nitrogens with zero attached hydrogens (tertiary/aromatic N) is 2. The third-order valence-corrected chi connectivity index (χ3v) is 2.33. The summed E-state index contributed by atoms with van der Waals surface area (Å²) in [5, 5.41) is 4.84. The molecule has 1 heterocycles. The van der Waals surface area contributed by atoms with Gasteiger partial charge in [0.2, 0.25) is 0 Å². The van der Waals surface area contributed by atoms with Crippen LogP contribution in [0, 0.1) is 0 Å². The van der Waals surface area contributed by atoms with Crippen LogP contribution in [0.4, 0.5) is 0 Å². The number of hydrogen-bond donors (Lipinski definition) is 1. The summed E-state index contributed by atoms with van der Waals surface area (Å²) in [6.45, 7) is 0.450. The van der Waals surface area contributed by atoms with Gasteiger partial charge in [0.1, 0.15) is 0 Å². The molecule has 0 amide bonds. The summed E-state index contributed by atoms with van der Waals surface area (Å²) in [7, 11) is 0. The van der Waals surface area contributed by atoms with Crippen LogP contribution < -0.4 is 5.73 Å². The van der Waals surface area contributed by atoms with Crippen molar-refractivity contribution in [2.75, 3.05) is 0 Å². The van der Waals surface area contributed by atoms with Crippen molar-refractivity contribution in [1.29, 1.82) is 0 Å². The van der Waals surface area contributed by atoms with E-state index in [-0.39, 0.29) is 0 Å². The third kappa shape index (κ3) is 1.52. The molecule has 3 nitrogen and oxygen atoms in total. The molecule has 72 valence electrons. The van der Waals surface area contributed by atoms with Gasteiger partial charge in [0, 0.05) is 12.7 Å². The second-order valence-electron chi connectivity index (χ2n) is 2.89. The Kier molecular flexibility index (Phi) is 2.52. The van der Waals surface area contributed by atoms with Gasteiger partial charge in [-0.2, -0.15) is 5.10 Å². The van der Waals surface area contributed by atoms with Gasteiger partial charge in [-0.3, -0.25) is 0 Å². The van der Waals surface area contributed by atoms with Crippen LogP contribution in [0.15, 0.2) is 36.5 Å². The Bertz CT molecular complexity index is 436. The Morgan fingerprint density at radius 3 is 2.79 bits per heavy atom. The highest BCUT2D eigenvalue weighted by Gasteiger charge is 2.05. The van der Waals surface area contributed by atoms with Gasteiger partial charge < -0.3 is 5.73 Å². The second kappa shape index (κ2) is 3.82. The number of hydrogen-bond acceptors (Lipinski definition) is 2. The van der Waals surface area contributed by atoms with Crippen LogP contribution in [0.3, 0.4) is 0 Å². The summed E-state index contributed by atoms with van der Waals surface area (Å²) >= 11 is 6.04. The summed E-state index contributed by atoms with van der Waals surface area (Å²) in [4.78, 5) is 0. The highest BCUT2D eigenvalue weighted by atomic mass is 35.5. The number of rotatable bonds is 2. The lowest BCUT2D eigenvalue weighted by molar-refractivity contribution is 0.804. The van der Waals surface area contributed by atoms with E-state index < -0.39 is 0 Å². The van der Waals surface area contributed by atoms with Crippen molar-refractivity contribution in [3.8, 4) is 5.69 Å². The maximum absolute atomic E-state index is 6.04. The van der Waals surface area contributed by atoms with E-state index >= 15 is 0 Å². The SMILES string of the molecule is NCc1ccnn1-c1ccccc1Cl. The molecule has 4 heteroatoms. The highest BCUT2D eigenvalue weighted by Crippen LogP contribution is 2.20. The van der Waals surface area contributed by atoms with Crippen molar-refractivity contribution in [1.82, 2.24) is 9.78 Å². The summed E-state index contributed by atoms with van der Waals surface area (Å²) in [6, 6.07) is 9.43. The predicted molar refractivity (Wildman–Crippen MR) is 56.5 cm³/mol. The molecule has 0 fully saturated rings. The van der Waals surface area contributed by atoms with Crippen LogP contribution in [0.25, 0.3) is 5.69 Å². The average Bonchev–Trinajstić information content (AvgIpc) is 2.66. The largest absolute Gasteiger partial charge is 0.325 e. The van der Waals surface area contributed by atoms with Crippen molar-refractivity contribution in [3.63, 3.8) is 0 Å². The van der Waals surface area contributed by atoms with Crippen LogP contribution in [0.5, 0.6) is 0 Å². The van der Waals surface area contributed by atoms with E-state index in [4.69, 9.17) is 17.3 Å². The minimum Gasteiger partial charge on any atom is -0.325 e. The van der Waals surface area contributed by atoms with E-state index in [1.54, 1.807) is 10.9 Å². The maximum Gasteiger partial charge on any atom is 0.0835 e. The fraction of sp³-hybridized carbons (Fsp3) is 0.100. The molecule has 0 saturated heterocycles. The predicted octanol–water partition coefficient (Wildman–Crippen LogP) is 1.98. The highest BCUT2D eigenvalue weighted by molar-refractivity contribution is 6.32. The standard InChI is InChI=1S/C10H10ClN3/c11-9-3-1-2-4-10(9)14-8(7-12)5-6-13-14/h1-6H,7,12H2. The molecule has 0 aliphatic carbocycles. The maximum atomic E-state index is 6.04. The molecule has 0 bridgehead atoms. The molecule has 0 saturated carbocycles. The molecule has 0 aliphatic rings. The lowest BCUT2D eigenvalue weighted by Gasteiger charge is -2.06. The van der Waals surface area contributed by atoms with E-state index in [2.05, 4.69) is 5.10 Å². The molecule has 0 spiro atoms. The molecule has 0 unspecified atom stereocenters. The van der Waals surface area contributed by atoms with Gasteiger partial charge in [0.05, 0.1) is 16.4 Å². The Morgan fingerprint density at radius 1 is 1.29 bits per heavy atom. The zero-order valence-electron chi connectivity index (χ0n) is 7.52. The molecule has 2 N–H and O–H groups in total. The van der Waals surface area contributed by atoms with E-state index in [9.17, 15) is 0 Å². The van der Waals surface area contributed by atoms with Gasteiger partial charge in [0.25, 0.3) is 0 Å². The van der Waals surface area contributed by atoms with Crippen LogP contribution in [0.2, 0.25) is 5.02 Å². The van der Waals surface area contributed by atoms with Crippen molar-refractivity contribution in [3.05, 3.63) is 47.2 Å². The van der Waals surface area contributed by atoms with Crippen molar-refractivity contribution < 1.29 is 0 Å². The van der Waals surface area contributed by atoms with Gasteiger partial charge in [-0.25, -0.2) is 4.68 Å². The molecule has 0 radical (unpaired) electrons. The molecule has 2 aromatic rings. The lowest BCUT2D eigenvalue weighted by Crippen LogP contribution is -2.06. The molecule has 1 aromatic heterocycles. The quantitative estimate of drug-likeness (QED) is 0.819. The molecule has 0 atom stereocenters. The smallest absolute Gasteiger partial charge is 0.0835 e. The lowest BCUT2D eigenvalue weighted by atomic mass is 10.3. The van der Waals surface area contributed by atoms with Gasteiger partial charge >= 0.3 is 0 Å². The van der Waals surface area contributed by atoms with E-state index in [0.29, 0.717) is 11.6 Å². The number of aromatic nitrogens is 2. The Hall–Kier alpha value is -1.32. The first kappa shape index (κ1) is 9.24. The Morgan fingerprint density at radius 2 is 2.07 bits per heavy atom. The van der Waals surface area contributed by atoms with Gasteiger partial charge in [0.15, 0.2) is 0 Å². The number of nitrogens with two attached hydrogens (primary N) is 1. The van der Waals surface area contributed by atoms with Crippen molar-refractivity contribution >= 4 is 11.6 Å². The zero-order chi connectivity index (χ0) is 9.97. The number of benzene rings is 1. The van der Waals surface area contributed by atoms with Crippen LogP contribution in [-0.2, 0) is 6.54 Å². The molecule has 2 rings (SSSR count). The molecule has 1 aromatic carbocycles. The summed E-state index contributed by atoms with van der Waals surface area (Å²) < 4.78 is 1.75. The molecular weight excluding hydrogens is 198 g/mol. The first-order valence-corrected chi connectivity index (χ1v) is 4.68. The van der Waals surface area contributed by atoms with Crippen LogP contribution in [0.1, 0.15) is 5.69 Å². The van der Waals surface area contributed by atoms with Gasteiger partial charge in [-0.05, 0) is 18.2 Å². The summed E-state index contributed by atoms with van der Waals surface area (Å²) in [6.07, 6.45) is 1.71. The van der Waals surface area contributed by atoms with E-state index in [1.807, 2.05) is 30.3 Å². The minimum absolute atomic E-state index is 0.450. The number of halogens is 1. The normalized spacial score (nSPS) is 10.4. The van der Waals surface area contributed by atoms with Crippen LogP contribution >= 0.6 is 11.6 Å². The third-order valence-electron chi connectivity index (χ3n) is 2.01. The minimum atomic E-state index is 0.450.